The van der Waals surface area contributed by atoms with Crippen LogP contribution in [0.2, 0.25) is 0 Å². The predicted octanol–water partition coefficient (Wildman–Crippen LogP) is 1.25. The number of nitrogens with one attached hydrogen (secondary N) is 1. The Kier molecular flexibility index (Phi) is 4.29. The van der Waals surface area contributed by atoms with Gasteiger partial charge in [0.1, 0.15) is 0 Å². The van der Waals surface area contributed by atoms with E-state index in [-0.39, 0.29) is 18.4 Å². The zero-order chi connectivity index (χ0) is 13.5. The van der Waals surface area contributed by atoms with E-state index in [1.807, 2.05) is 6.07 Å². The smallest absolute Gasteiger partial charge is 0.243 e. The Morgan fingerprint density at radius 1 is 1.30 bits per heavy atom. The van der Waals surface area contributed by atoms with E-state index < -0.39 is 10.0 Å². The van der Waals surface area contributed by atoms with Gasteiger partial charge in [-0.2, -0.15) is 4.31 Å². The van der Waals surface area contributed by atoms with Gasteiger partial charge in [0.05, 0.1) is 4.90 Å². The van der Waals surface area contributed by atoms with Crippen LogP contribution in [0, 0.1) is 0 Å². The molecular formula is C13H16ClN3O2S. The SMILES string of the molecule is CN(C1CNC1)S(=O)(=O)c1cccc2cnccc12.Cl. The summed E-state index contributed by atoms with van der Waals surface area (Å²) in [5, 5.41) is 4.64. The number of benzene rings is 1. The molecule has 1 aliphatic rings. The van der Waals surface area contributed by atoms with Crippen molar-refractivity contribution in [3.8, 4) is 0 Å². The second-order valence-electron chi connectivity index (χ2n) is 4.69. The molecule has 108 valence electrons. The standard InChI is InChI=1S/C13H15N3O2S.ClH/c1-16(11-8-15-9-11)19(17,18)13-4-2-3-10-7-14-6-5-12(10)13;/h2-7,11,15H,8-9H2,1H3;1H. The topological polar surface area (TPSA) is 62.3 Å². The van der Waals surface area contributed by atoms with Crippen molar-refractivity contribution in [2.75, 3.05) is 20.1 Å². The average molecular weight is 314 g/mol. The third kappa shape index (κ3) is 2.40. The number of halogens is 1. The first-order chi connectivity index (χ1) is 9.10. The number of nitrogens with zero attached hydrogens (tertiary/aromatic N) is 2. The van der Waals surface area contributed by atoms with Crippen molar-refractivity contribution in [1.29, 1.82) is 0 Å². The van der Waals surface area contributed by atoms with Gasteiger partial charge in [-0.05, 0) is 12.1 Å². The third-order valence-electron chi connectivity index (χ3n) is 3.57. The first-order valence-corrected chi connectivity index (χ1v) is 7.56. The Morgan fingerprint density at radius 2 is 2.05 bits per heavy atom. The van der Waals surface area contributed by atoms with Crippen LogP contribution in [0.15, 0.2) is 41.6 Å². The molecule has 3 rings (SSSR count). The van der Waals surface area contributed by atoms with Gasteiger partial charge in [0.25, 0.3) is 0 Å². The van der Waals surface area contributed by atoms with E-state index >= 15 is 0 Å². The molecule has 5 nitrogen and oxygen atoms in total. The van der Waals surface area contributed by atoms with Gasteiger partial charge in [-0.25, -0.2) is 8.42 Å². The van der Waals surface area contributed by atoms with Crippen molar-refractivity contribution in [1.82, 2.24) is 14.6 Å². The fourth-order valence-electron chi connectivity index (χ4n) is 2.20. The Hall–Kier alpha value is -1.21. The summed E-state index contributed by atoms with van der Waals surface area (Å²) in [6.07, 6.45) is 3.30. The van der Waals surface area contributed by atoms with E-state index in [2.05, 4.69) is 10.3 Å². The van der Waals surface area contributed by atoms with Gasteiger partial charge in [-0.15, -0.1) is 12.4 Å². The van der Waals surface area contributed by atoms with Crippen LogP contribution in [0.3, 0.4) is 0 Å². The molecule has 1 aromatic carbocycles. The molecule has 0 radical (unpaired) electrons. The van der Waals surface area contributed by atoms with Crippen molar-refractivity contribution in [2.24, 2.45) is 0 Å². The monoisotopic (exact) mass is 313 g/mol. The molecule has 0 bridgehead atoms. The minimum Gasteiger partial charge on any atom is -0.313 e. The summed E-state index contributed by atoms with van der Waals surface area (Å²) < 4.78 is 26.8. The number of fused-ring (bicyclic) bond motifs is 1. The molecule has 0 spiro atoms. The van der Waals surface area contributed by atoms with E-state index in [9.17, 15) is 8.42 Å². The summed E-state index contributed by atoms with van der Waals surface area (Å²) in [5.41, 5.74) is 0. The van der Waals surface area contributed by atoms with Crippen LogP contribution < -0.4 is 5.32 Å². The molecule has 0 atom stereocenters. The number of aromatic nitrogens is 1. The van der Waals surface area contributed by atoms with Crippen LogP contribution in [0.25, 0.3) is 10.8 Å². The molecule has 7 heteroatoms. The molecule has 1 N–H and O–H groups in total. The highest BCUT2D eigenvalue weighted by molar-refractivity contribution is 7.89. The van der Waals surface area contributed by atoms with Gasteiger partial charge < -0.3 is 5.32 Å². The molecule has 0 saturated carbocycles. The van der Waals surface area contributed by atoms with Crippen LogP contribution >= 0.6 is 12.4 Å². The number of sulfonamides is 1. The fraction of sp³-hybridized carbons (Fsp3) is 0.308. The minimum atomic E-state index is -3.46. The lowest BCUT2D eigenvalue weighted by Crippen LogP contribution is -2.57. The Morgan fingerprint density at radius 3 is 2.70 bits per heavy atom. The lowest BCUT2D eigenvalue weighted by Gasteiger charge is -2.34. The van der Waals surface area contributed by atoms with Gasteiger partial charge in [0, 0.05) is 49.3 Å². The highest BCUT2D eigenvalue weighted by atomic mass is 35.5. The van der Waals surface area contributed by atoms with Crippen molar-refractivity contribution >= 4 is 33.2 Å². The van der Waals surface area contributed by atoms with E-state index in [0.717, 1.165) is 10.8 Å². The number of hydrogen-bond donors (Lipinski definition) is 1. The lowest BCUT2D eigenvalue weighted by atomic mass is 10.2. The summed E-state index contributed by atoms with van der Waals surface area (Å²) in [5.74, 6) is 0. The summed E-state index contributed by atoms with van der Waals surface area (Å²) in [4.78, 5) is 4.37. The summed E-state index contributed by atoms with van der Waals surface area (Å²) in [6.45, 7) is 1.42. The van der Waals surface area contributed by atoms with E-state index in [1.165, 1.54) is 4.31 Å². The molecule has 1 aromatic heterocycles. The number of rotatable bonds is 3. The highest BCUT2D eigenvalue weighted by Crippen LogP contribution is 2.25. The van der Waals surface area contributed by atoms with Crippen molar-refractivity contribution in [2.45, 2.75) is 10.9 Å². The van der Waals surface area contributed by atoms with E-state index in [4.69, 9.17) is 0 Å². The Bertz CT molecular complexity index is 711. The van der Waals surface area contributed by atoms with Crippen LogP contribution in [0.1, 0.15) is 0 Å². The van der Waals surface area contributed by atoms with Crippen LogP contribution in [0.5, 0.6) is 0 Å². The zero-order valence-corrected chi connectivity index (χ0v) is 12.6. The highest BCUT2D eigenvalue weighted by Gasteiger charge is 2.32. The predicted molar refractivity (Wildman–Crippen MR) is 80.6 cm³/mol. The zero-order valence-electron chi connectivity index (χ0n) is 11.0. The molecule has 1 aliphatic heterocycles. The second-order valence-corrected chi connectivity index (χ2v) is 6.65. The Balaban J connectivity index is 0.00000147. The second kappa shape index (κ2) is 5.65. The van der Waals surface area contributed by atoms with Gasteiger partial charge >= 0.3 is 0 Å². The van der Waals surface area contributed by atoms with Crippen LogP contribution in [-0.2, 0) is 10.0 Å². The number of pyridine rings is 1. The molecular weight excluding hydrogens is 298 g/mol. The van der Waals surface area contributed by atoms with Gasteiger partial charge in [0.2, 0.25) is 10.0 Å². The maximum atomic E-state index is 12.7. The largest absolute Gasteiger partial charge is 0.313 e. The van der Waals surface area contributed by atoms with Crippen LogP contribution in [0.4, 0.5) is 0 Å². The summed E-state index contributed by atoms with van der Waals surface area (Å²) >= 11 is 0. The first-order valence-electron chi connectivity index (χ1n) is 6.12. The normalized spacial score (nSPS) is 15.9. The van der Waals surface area contributed by atoms with Gasteiger partial charge in [-0.1, -0.05) is 12.1 Å². The first kappa shape index (κ1) is 15.2. The Labute approximate surface area is 124 Å². The van der Waals surface area contributed by atoms with E-state index in [1.54, 1.807) is 37.6 Å². The maximum Gasteiger partial charge on any atom is 0.243 e. The molecule has 2 heterocycles. The molecule has 1 fully saturated rings. The van der Waals surface area contributed by atoms with Crippen molar-refractivity contribution < 1.29 is 8.42 Å². The van der Waals surface area contributed by atoms with E-state index in [0.29, 0.717) is 18.0 Å². The molecule has 1 saturated heterocycles. The summed E-state index contributed by atoms with van der Waals surface area (Å²) in [6, 6.07) is 7.06. The van der Waals surface area contributed by atoms with Crippen molar-refractivity contribution in [3.05, 3.63) is 36.7 Å². The minimum absolute atomic E-state index is 0. The fourth-order valence-corrected chi connectivity index (χ4v) is 3.77. The number of likely N-dealkylation sites (N-methyl/N-ethyl adjacent to an activating group) is 1. The summed E-state index contributed by atoms with van der Waals surface area (Å²) in [7, 11) is -1.82. The van der Waals surface area contributed by atoms with Crippen LogP contribution in [-0.4, -0.2) is 43.9 Å². The maximum absolute atomic E-state index is 12.7. The molecule has 0 amide bonds. The molecule has 20 heavy (non-hydrogen) atoms. The van der Waals surface area contributed by atoms with Crippen molar-refractivity contribution in [3.63, 3.8) is 0 Å². The molecule has 0 unspecified atom stereocenters. The molecule has 2 aromatic rings. The third-order valence-corrected chi connectivity index (χ3v) is 5.54. The lowest BCUT2D eigenvalue weighted by molar-refractivity contribution is 0.274. The van der Waals surface area contributed by atoms with Gasteiger partial charge in [-0.3, -0.25) is 4.98 Å². The average Bonchev–Trinajstić information content (AvgIpc) is 2.36. The molecule has 0 aliphatic carbocycles. The van der Waals surface area contributed by atoms with Gasteiger partial charge in [0.15, 0.2) is 0 Å². The number of hydrogen-bond acceptors (Lipinski definition) is 4. The quantitative estimate of drug-likeness (QED) is 0.926.